The lowest BCUT2D eigenvalue weighted by Crippen LogP contribution is -2.59. The van der Waals surface area contributed by atoms with Gasteiger partial charge in [0.2, 0.25) is 0 Å². The lowest BCUT2D eigenvalue weighted by atomic mass is 9.56. The summed E-state index contributed by atoms with van der Waals surface area (Å²) < 4.78 is 0. The monoisotopic (exact) mass is 265 g/mol. The van der Waals surface area contributed by atoms with Gasteiger partial charge in [0.1, 0.15) is 0 Å². The highest BCUT2D eigenvalue weighted by atomic mass is 14.8. The van der Waals surface area contributed by atoms with Gasteiger partial charge in [0.05, 0.1) is 0 Å². The van der Waals surface area contributed by atoms with Crippen LogP contribution in [0.15, 0.2) is 0 Å². The fraction of sp³-hybridized carbons (Fsp3) is 1.00. The third kappa shape index (κ3) is 3.01. The molecule has 0 aromatic rings. The summed E-state index contributed by atoms with van der Waals surface area (Å²) in [5, 5.41) is 0. The SMILES string of the molecule is CC1CCC(C(C)C)C(N)(C2CCC(C)C(C)C2)C1. The van der Waals surface area contributed by atoms with Gasteiger partial charge in [-0.15, -0.1) is 0 Å². The van der Waals surface area contributed by atoms with Crippen molar-refractivity contribution in [3.63, 3.8) is 0 Å². The maximum atomic E-state index is 7.08. The zero-order valence-corrected chi connectivity index (χ0v) is 13.8. The molecular weight excluding hydrogens is 230 g/mol. The minimum Gasteiger partial charge on any atom is -0.325 e. The Labute approximate surface area is 120 Å². The minimum absolute atomic E-state index is 0.125. The summed E-state index contributed by atoms with van der Waals surface area (Å²) in [6.45, 7) is 12.0. The van der Waals surface area contributed by atoms with Gasteiger partial charge < -0.3 is 5.73 Å². The van der Waals surface area contributed by atoms with E-state index in [1.807, 2.05) is 0 Å². The molecule has 0 amide bonds. The second kappa shape index (κ2) is 5.76. The summed E-state index contributed by atoms with van der Waals surface area (Å²) in [5.41, 5.74) is 7.20. The van der Waals surface area contributed by atoms with Crippen LogP contribution < -0.4 is 5.73 Å². The van der Waals surface area contributed by atoms with Gasteiger partial charge in [-0.25, -0.2) is 0 Å². The van der Waals surface area contributed by atoms with E-state index in [4.69, 9.17) is 5.73 Å². The molecule has 2 aliphatic rings. The van der Waals surface area contributed by atoms with Crippen LogP contribution in [0.1, 0.15) is 73.1 Å². The second-order valence-electron chi connectivity index (χ2n) is 8.31. The number of nitrogens with two attached hydrogens (primary N) is 1. The van der Waals surface area contributed by atoms with Gasteiger partial charge in [0, 0.05) is 5.54 Å². The maximum absolute atomic E-state index is 7.08. The van der Waals surface area contributed by atoms with Crippen LogP contribution in [0.3, 0.4) is 0 Å². The van der Waals surface area contributed by atoms with Crippen LogP contribution in [0.25, 0.3) is 0 Å². The van der Waals surface area contributed by atoms with Crippen molar-refractivity contribution < 1.29 is 0 Å². The molecule has 2 N–H and O–H groups in total. The normalized spacial score (nSPS) is 48.5. The molecule has 19 heavy (non-hydrogen) atoms. The summed E-state index contributed by atoms with van der Waals surface area (Å²) in [5.74, 6) is 4.85. The fourth-order valence-electron chi connectivity index (χ4n) is 5.05. The Morgan fingerprint density at radius 1 is 0.947 bits per heavy atom. The Morgan fingerprint density at radius 3 is 2.21 bits per heavy atom. The van der Waals surface area contributed by atoms with Crippen LogP contribution in [0.2, 0.25) is 0 Å². The fourth-order valence-corrected chi connectivity index (χ4v) is 5.05. The molecular formula is C18H35N. The molecule has 6 unspecified atom stereocenters. The lowest BCUT2D eigenvalue weighted by Gasteiger charge is -2.53. The second-order valence-corrected chi connectivity index (χ2v) is 8.31. The molecule has 2 fully saturated rings. The Hall–Kier alpha value is -0.0400. The van der Waals surface area contributed by atoms with Gasteiger partial charge in [0.25, 0.3) is 0 Å². The Kier molecular flexibility index (Phi) is 4.65. The predicted molar refractivity (Wildman–Crippen MR) is 83.9 cm³/mol. The molecule has 0 aliphatic heterocycles. The van der Waals surface area contributed by atoms with E-state index >= 15 is 0 Å². The van der Waals surface area contributed by atoms with Gasteiger partial charge in [-0.1, -0.05) is 47.5 Å². The summed E-state index contributed by atoms with van der Waals surface area (Å²) in [7, 11) is 0. The molecule has 1 heteroatoms. The largest absolute Gasteiger partial charge is 0.325 e. The van der Waals surface area contributed by atoms with Crippen molar-refractivity contribution in [2.75, 3.05) is 0 Å². The zero-order chi connectivity index (χ0) is 14.2. The van der Waals surface area contributed by atoms with Gasteiger partial charge in [-0.3, -0.25) is 0 Å². The molecule has 2 saturated carbocycles. The molecule has 2 aliphatic carbocycles. The first-order valence-corrected chi connectivity index (χ1v) is 8.63. The first-order valence-electron chi connectivity index (χ1n) is 8.63. The highest BCUT2D eigenvalue weighted by Gasteiger charge is 2.47. The molecule has 0 spiro atoms. The van der Waals surface area contributed by atoms with Gasteiger partial charge in [0.15, 0.2) is 0 Å². The molecule has 0 aromatic carbocycles. The van der Waals surface area contributed by atoms with Gasteiger partial charge in [-0.2, -0.15) is 0 Å². The average molecular weight is 265 g/mol. The standard InChI is InChI=1S/C18H35N/c1-12(2)17-9-6-13(3)11-18(17,19)16-8-7-14(4)15(5)10-16/h12-17H,6-11,19H2,1-5H3. The highest BCUT2D eigenvalue weighted by Crippen LogP contribution is 2.49. The number of rotatable bonds is 2. The van der Waals surface area contributed by atoms with Gasteiger partial charge >= 0.3 is 0 Å². The van der Waals surface area contributed by atoms with Crippen molar-refractivity contribution in [2.45, 2.75) is 78.7 Å². The number of hydrogen-bond acceptors (Lipinski definition) is 1. The lowest BCUT2D eigenvalue weighted by molar-refractivity contribution is 0.0211. The summed E-state index contributed by atoms with van der Waals surface area (Å²) in [6, 6.07) is 0. The van der Waals surface area contributed by atoms with Crippen LogP contribution in [0.4, 0.5) is 0 Å². The smallest absolute Gasteiger partial charge is 0.0216 e. The molecule has 0 heterocycles. The van der Waals surface area contributed by atoms with Crippen molar-refractivity contribution in [2.24, 2.45) is 41.2 Å². The Bertz CT molecular complexity index is 298. The van der Waals surface area contributed by atoms with E-state index in [1.165, 1.54) is 38.5 Å². The van der Waals surface area contributed by atoms with E-state index in [-0.39, 0.29) is 5.54 Å². The third-order valence-corrected chi connectivity index (χ3v) is 6.53. The van der Waals surface area contributed by atoms with Crippen molar-refractivity contribution in [1.82, 2.24) is 0 Å². The van der Waals surface area contributed by atoms with Crippen LogP contribution in [-0.4, -0.2) is 5.54 Å². The quantitative estimate of drug-likeness (QED) is 0.759. The molecule has 6 atom stereocenters. The van der Waals surface area contributed by atoms with E-state index in [9.17, 15) is 0 Å². The van der Waals surface area contributed by atoms with Crippen molar-refractivity contribution >= 4 is 0 Å². The van der Waals surface area contributed by atoms with Crippen LogP contribution in [0.5, 0.6) is 0 Å². The third-order valence-electron chi connectivity index (χ3n) is 6.53. The molecule has 112 valence electrons. The van der Waals surface area contributed by atoms with Crippen LogP contribution >= 0.6 is 0 Å². The van der Waals surface area contributed by atoms with Crippen molar-refractivity contribution in [1.29, 1.82) is 0 Å². The summed E-state index contributed by atoms with van der Waals surface area (Å²) in [4.78, 5) is 0. The predicted octanol–water partition coefficient (Wildman–Crippen LogP) is 4.85. The first kappa shape index (κ1) is 15.4. The highest BCUT2D eigenvalue weighted by molar-refractivity contribution is 5.03. The molecule has 0 aromatic heterocycles. The Morgan fingerprint density at radius 2 is 1.63 bits per heavy atom. The Balaban J connectivity index is 2.16. The van der Waals surface area contributed by atoms with Crippen LogP contribution in [-0.2, 0) is 0 Å². The van der Waals surface area contributed by atoms with E-state index < -0.39 is 0 Å². The summed E-state index contributed by atoms with van der Waals surface area (Å²) in [6.07, 6.45) is 8.15. The zero-order valence-electron chi connectivity index (χ0n) is 13.8. The molecule has 1 nitrogen and oxygen atoms in total. The van der Waals surface area contributed by atoms with E-state index in [0.717, 1.165) is 35.5 Å². The van der Waals surface area contributed by atoms with Gasteiger partial charge in [-0.05, 0) is 61.2 Å². The maximum Gasteiger partial charge on any atom is 0.0216 e. The van der Waals surface area contributed by atoms with E-state index in [1.54, 1.807) is 0 Å². The first-order chi connectivity index (χ1) is 8.84. The van der Waals surface area contributed by atoms with E-state index in [2.05, 4.69) is 34.6 Å². The number of hydrogen-bond donors (Lipinski definition) is 1. The molecule has 0 bridgehead atoms. The molecule has 0 saturated heterocycles. The average Bonchev–Trinajstić information content (AvgIpc) is 2.31. The summed E-state index contributed by atoms with van der Waals surface area (Å²) >= 11 is 0. The topological polar surface area (TPSA) is 26.0 Å². The van der Waals surface area contributed by atoms with Crippen molar-refractivity contribution in [3.05, 3.63) is 0 Å². The van der Waals surface area contributed by atoms with Crippen molar-refractivity contribution in [3.8, 4) is 0 Å². The minimum atomic E-state index is 0.125. The molecule has 0 radical (unpaired) electrons. The van der Waals surface area contributed by atoms with E-state index in [0.29, 0.717) is 0 Å². The molecule has 2 rings (SSSR count). The van der Waals surface area contributed by atoms with Crippen LogP contribution in [0, 0.1) is 35.5 Å².